The van der Waals surface area contributed by atoms with Crippen molar-refractivity contribution in [3.8, 4) is 0 Å². The van der Waals surface area contributed by atoms with Crippen molar-refractivity contribution >= 4 is 21.7 Å². The van der Waals surface area contributed by atoms with Crippen molar-refractivity contribution in [3.05, 3.63) is 36.0 Å². The van der Waals surface area contributed by atoms with Gasteiger partial charge < -0.3 is 15.7 Å². The summed E-state index contributed by atoms with van der Waals surface area (Å²) in [6.07, 6.45) is 21.4. The van der Waals surface area contributed by atoms with Crippen molar-refractivity contribution in [2.75, 3.05) is 26.0 Å². The van der Waals surface area contributed by atoms with Crippen LogP contribution in [0.2, 0.25) is 0 Å². The molecular formula is C44H71FN2O5S. The average Bonchev–Trinajstić information content (AvgIpc) is 3.60. The van der Waals surface area contributed by atoms with E-state index < -0.39 is 15.8 Å². The van der Waals surface area contributed by atoms with Gasteiger partial charge in [0.25, 0.3) is 0 Å². The predicted molar refractivity (Wildman–Crippen MR) is 213 cm³/mol. The second-order valence-corrected chi connectivity index (χ2v) is 20.9. The summed E-state index contributed by atoms with van der Waals surface area (Å²) in [4.78, 5) is 24.6. The lowest BCUT2D eigenvalue weighted by molar-refractivity contribution is -0.212. The molecule has 1 amide bonds. The molecule has 12 atom stereocenters. The van der Waals surface area contributed by atoms with E-state index in [0.29, 0.717) is 54.9 Å². The van der Waals surface area contributed by atoms with Gasteiger partial charge in [0.1, 0.15) is 0 Å². The minimum absolute atomic E-state index is 0.0157. The Balaban J connectivity index is 0.00000103. The van der Waals surface area contributed by atoms with Gasteiger partial charge in [0.2, 0.25) is 5.91 Å². The number of carboxylic acid groups (broad SMARTS) is 1. The number of nitrogens with one attached hydrogen (secondary N) is 2. The monoisotopic (exact) mass is 759 g/mol. The number of carbonyl (C=O) groups is 2. The minimum Gasteiger partial charge on any atom is -0.481 e. The molecule has 6 aliphatic carbocycles. The fraction of sp³-hybridized carbons (Fsp3) is 0.818. The van der Waals surface area contributed by atoms with Gasteiger partial charge in [-0.1, -0.05) is 59.3 Å². The van der Waals surface area contributed by atoms with E-state index in [-0.39, 0.29) is 58.4 Å². The first-order valence-electron chi connectivity index (χ1n) is 20.9. The fourth-order valence-electron chi connectivity index (χ4n) is 13.8. The van der Waals surface area contributed by atoms with Gasteiger partial charge in [-0.25, -0.2) is 8.42 Å². The summed E-state index contributed by atoms with van der Waals surface area (Å²) >= 11 is 0. The summed E-state index contributed by atoms with van der Waals surface area (Å²) in [6, 6.07) is 0. The van der Waals surface area contributed by atoms with E-state index >= 15 is 0 Å². The van der Waals surface area contributed by atoms with Gasteiger partial charge in [-0.2, -0.15) is 0 Å². The second-order valence-electron chi connectivity index (χ2n) is 18.7. The molecule has 9 heteroatoms. The van der Waals surface area contributed by atoms with Crippen molar-refractivity contribution in [2.45, 2.75) is 142 Å². The second kappa shape index (κ2) is 16.2. The molecule has 0 spiro atoms. The number of fused-ring (bicyclic) bond motifs is 8. The molecule has 6 fully saturated rings. The smallest absolute Gasteiger partial charge is 0.303 e. The van der Waals surface area contributed by atoms with Crippen molar-refractivity contribution in [1.29, 1.82) is 0 Å². The zero-order chi connectivity index (χ0) is 39.0. The summed E-state index contributed by atoms with van der Waals surface area (Å²) in [6.45, 7) is 18.3. The first kappa shape index (κ1) is 42.1. The number of hydrogen-bond acceptors (Lipinski definition) is 5. The molecule has 0 bridgehead atoms. The van der Waals surface area contributed by atoms with E-state index in [2.05, 4.69) is 64.0 Å². The van der Waals surface area contributed by atoms with E-state index in [1.54, 1.807) is 6.08 Å². The number of carbonyl (C=O) groups excluding carboxylic acids is 1. The highest BCUT2D eigenvalue weighted by Crippen LogP contribution is 2.75. The molecule has 1 aliphatic heterocycles. The Hall–Kier alpha value is -2.00. The Morgan fingerprint density at radius 1 is 1.00 bits per heavy atom. The highest BCUT2D eigenvalue weighted by Gasteiger charge is 2.68. The van der Waals surface area contributed by atoms with E-state index in [4.69, 9.17) is 0 Å². The van der Waals surface area contributed by atoms with Gasteiger partial charge in [0.15, 0.2) is 9.84 Å². The lowest BCUT2D eigenvalue weighted by atomic mass is 9.34. The quantitative estimate of drug-likeness (QED) is 0.192. The van der Waals surface area contributed by atoms with Crippen LogP contribution >= 0.6 is 0 Å². The first-order chi connectivity index (χ1) is 25.1. The predicted octanol–water partition coefficient (Wildman–Crippen LogP) is 8.86. The molecule has 3 N–H and O–H groups in total. The summed E-state index contributed by atoms with van der Waals surface area (Å²) in [5, 5.41) is 15.9. The number of aliphatic carboxylic acids is 1. The van der Waals surface area contributed by atoms with Crippen molar-refractivity contribution in [1.82, 2.24) is 10.6 Å². The maximum Gasteiger partial charge on any atom is 0.303 e. The van der Waals surface area contributed by atoms with Crippen LogP contribution in [0.5, 0.6) is 0 Å². The molecule has 5 saturated carbocycles. The zero-order valence-electron chi connectivity index (χ0n) is 33.9. The molecule has 0 radical (unpaired) electrons. The van der Waals surface area contributed by atoms with Gasteiger partial charge in [-0.05, 0) is 153 Å². The Morgan fingerprint density at radius 3 is 2.36 bits per heavy atom. The number of alkyl halides is 1. The zero-order valence-corrected chi connectivity index (χ0v) is 34.8. The van der Waals surface area contributed by atoms with E-state index in [0.717, 1.165) is 32.1 Å². The Labute approximate surface area is 320 Å². The molecule has 7 nitrogen and oxygen atoms in total. The third-order valence-corrected chi connectivity index (χ3v) is 18.8. The summed E-state index contributed by atoms with van der Waals surface area (Å²) in [5.41, 5.74) is 3.51. The summed E-state index contributed by atoms with van der Waals surface area (Å²) < 4.78 is 34.5. The molecule has 7 aliphatic rings. The lowest BCUT2D eigenvalue weighted by Crippen LogP contribution is -2.67. The van der Waals surface area contributed by atoms with E-state index in [1.807, 2.05) is 6.92 Å². The number of sulfone groups is 1. The van der Waals surface area contributed by atoms with Crippen LogP contribution in [0.25, 0.3) is 0 Å². The molecule has 1 saturated heterocycles. The van der Waals surface area contributed by atoms with E-state index in [9.17, 15) is 27.5 Å². The number of amides is 1. The third-order valence-electron chi connectivity index (χ3n) is 16.4. The van der Waals surface area contributed by atoms with Crippen LogP contribution < -0.4 is 10.6 Å². The normalized spacial score (nSPS) is 43.0. The molecular weight excluding hydrogens is 688 g/mol. The van der Waals surface area contributed by atoms with Crippen LogP contribution in [0.4, 0.5) is 4.39 Å². The van der Waals surface area contributed by atoms with Gasteiger partial charge in [0, 0.05) is 18.5 Å². The minimum atomic E-state index is -3.06. The Bertz CT molecular complexity index is 1540. The van der Waals surface area contributed by atoms with Gasteiger partial charge >= 0.3 is 5.97 Å². The van der Waals surface area contributed by atoms with Gasteiger partial charge in [0.05, 0.1) is 24.7 Å². The lowest BCUT2D eigenvalue weighted by Gasteiger charge is -2.71. The Morgan fingerprint density at radius 2 is 1.72 bits per heavy atom. The Kier molecular flexibility index (Phi) is 12.9. The van der Waals surface area contributed by atoms with Crippen LogP contribution in [-0.4, -0.2) is 62.2 Å². The average molecular weight is 759 g/mol. The molecule has 7 rings (SSSR count). The standard InChI is InChI=1S/C40H62N2O5S.C3H6.CH3F/c1-6-8-26(10-13-36(44)45)28-14-17-37(3)30(25(28)2)15-18-39(5)34(37)12-11-31-32-9-7-16-40(32,20-19-38(31,39)4)42-23-35(43)41-22-33-29-21-27(29)24-48(33,46)47;1-3-2;1-2/h8,14,25,27,29-34,42H,6-7,9-13,15-24H2,1-5H3,(H,41,43)(H,44,45);3H,1H2,2H3;1H3/b26-8+;;/t25?,27?,29?,30?,31?,32?,33?,34?,37?,38-,39?,40?;;/m1../s1. The number of carboxylic acids is 1. The molecule has 53 heavy (non-hydrogen) atoms. The topological polar surface area (TPSA) is 113 Å². The maximum absolute atomic E-state index is 13.1. The number of hydrogen-bond donors (Lipinski definition) is 3. The maximum atomic E-state index is 13.1. The summed E-state index contributed by atoms with van der Waals surface area (Å²) in [7, 11) is -2.56. The van der Waals surface area contributed by atoms with Crippen LogP contribution in [0, 0.1) is 57.7 Å². The van der Waals surface area contributed by atoms with Crippen molar-refractivity contribution in [3.63, 3.8) is 0 Å². The van der Waals surface area contributed by atoms with Crippen LogP contribution in [0.15, 0.2) is 36.0 Å². The SMILES string of the molecule is C=CC.CC/C=C(\CCC(=O)O)C1=CCC2(C)C(CCC3(C)C2CCC2C4CCCC4(NCC(=O)NCC4C5CC5CS4(=O)=O)CC[C@]23C)C1C.CF. The third kappa shape index (κ3) is 7.49. The van der Waals surface area contributed by atoms with E-state index in [1.165, 1.54) is 56.1 Å². The van der Waals surface area contributed by atoms with Crippen molar-refractivity contribution in [2.24, 2.45) is 57.7 Å². The first-order valence-corrected chi connectivity index (χ1v) is 22.6. The molecule has 0 aromatic heterocycles. The molecule has 0 aromatic rings. The highest BCUT2D eigenvalue weighted by atomic mass is 32.2. The van der Waals surface area contributed by atoms with Gasteiger partial charge in [-0.15, -0.1) is 6.58 Å². The van der Waals surface area contributed by atoms with Crippen LogP contribution in [0.3, 0.4) is 0 Å². The largest absolute Gasteiger partial charge is 0.481 e. The number of allylic oxidation sites excluding steroid dienone is 5. The molecule has 0 aromatic carbocycles. The van der Waals surface area contributed by atoms with Crippen LogP contribution in [0.1, 0.15) is 131 Å². The fourth-order valence-corrected chi connectivity index (χ4v) is 16.2. The van der Waals surface area contributed by atoms with Gasteiger partial charge in [-0.3, -0.25) is 14.0 Å². The molecule has 1 heterocycles. The highest BCUT2D eigenvalue weighted by molar-refractivity contribution is 7.92. The molecule has 300 valence electrons. The number of halogens is 1. The summed E-state index contributed by atoms with van der Waals surface area (Å²) in [5.74, 6) is 3.14. The number of rotatable bonds is 10. The van der Waals surface area contributed by atoms with Crippen LogP contribution in [-0.2, 0) is 19.4 Å². The molecule has 11 unspecified atom stereocenters. The van der Waals surface area contributed by atoms with Crippen molar-refractivity contribution < 1.29 is 27.5 Å².